The number of anilines is 3. The second-order valence-electron chi connectivity index (χ2n) is 4.42. The van der Waals surface area contributed by atoms with E-state index >= 15 is 0 Å². The fourth-order valence-electron chi connectivity index (χ4n) is 1.80. The van der Waals surface area contributed by atoms with Crippen molar-refractivity contribution in [3.63, 3.8) is 0 Å². The van der Waals surface area contributed by atoms with Gasteiger partial charge in [0.1, 0.15) is 5.82 Å². The number of nitrogens with two attached hydrogens (primary N) is 1. The van der Waals surface area contributed by atoms with Crippen molar-refractivity contribution in [3.05, 3.63) is 52.8 Å². The van der Waals surface area contributed by atoms with Crippen molar-refractivity contribution >= 4 is 34.6 Å². The standard InChI is InChI=1S/C15H15ClFN3O/c1-2-19-15(21)9-3-6-13(18)14(7-9)20-10-4-5-12(17)11(16)8-10/h3-8,20H,2,18H2,1H3,(H,19,21). The molecular weight excluding hydrogens is 293 g/mol. The van der Waals surface area contributed by atoms with Crippen LogP contribution < -0.4 is 16.4 Å². The average Bonchev–Trinajstić information content (AvgIpc) is 2.45. The molecule has 0 saturated heterocycles. The van der Waals surface area contributed by atoms with Crippen LogP contribution in [0.5, 0.6) is 0 Å². The van der Waals surface area contributed by atoms with Crippen molar-refractivity contribution in [2.24, 2.45) is 0 Å². The van der Waals surface area contributed by atoms with E-state index in [1.807, 2.05) is 6.92 Å². The van der Waals surface area contributed by atoms with E-state index in [1.54, 1.807) is 24.3 Å². The van der Waals surface area contributed by atoms with Crippen LogP contribution in [0, 0.1) is 5.82 Å². The molecule has 0 heterocycles. The van der Waals surface area contributed by atoms with E-state index in [2.05, 4.69) is 10.6 Å². The van der Waals surface area contributed by atoms with Crippen molar-refractivity contribution in [1.82, 2.24) is 5.32 Å². The summed E-state index contributed by atoms with van der Waals surface area (Å²) in [6, 6.07) is 9.17. The van der Waals surface area contributed by atoms with E-state index in [0.29, 0.717) is 29.2 Å². The molecule has 4 N–H and O–H groups in total. The lowest BCUT2D eigenvalue weighted by molar-refractivity contribution is 0.0956. The first-order valence-electron chi connectivity index (χ1n) is 6.41. The summed E-state index contributed by atoms with van der Waals surface area (Å²) in [6.07, 6.45) is 0. The number of rotatable bonds is 4. The van der Waals surface area contributed by atoms with Gasteiger partial charge in [-0.3, -0.25) is 4.79 Å². The maximum atomic E-state index is 13.1. The molecule has 0 aliphatic carbocycles. The van der Waals surface area contributed by atoms with Gasteiger partial charge in [0.15, 0.2) is 0 Å². The van der Waals surface area contributed by atoms with Crippen LogP contribution in [-0.2, 0) is 0 Å². The van der Waals surface area contributed by atoms with Crippen LogP contribution in [0.25, 0.3) is 0 Å². The minimum atomic E-state index is -0.494. The summed E-state index contributed by atoms with van der Waals surface area (Å²) < 4.78 is 13.1. The predicted octanol–water partition coefficient (Wildman–Crippen LogP) is 3.55. The normalized spacial score (nSPS) is 10.2. The van der Waals surface area contributed by atoms with E-state index < -0.39 is 5.82 Å². The number of nitrogen functional groups attached to an aromatic ring is 1. The van der Waals surface area contributed by atoms with Crippen LogP contribution in [0.3, 0.4) is 0 Å². The van der Waals surface area contributed by atoms with E-state index in [9.17, 15) is 9.18 Å². The Morgan fingerprint density at radius 1 is 1.29 bits per heavy atom. The first-order valence-corrected chi connectivity index (χ1v) is 6.79. The monoisotopic (exact) mass is 307 g/mol. The lowest BCUT2D eigenvalue weighted by Gasteiger charge is -2.12. The Bertz CT molecular complexity index is 676. The molecule has 0 aromatic heterocycles. The number of nitrogens with one attached hydrogen (secondary N) is 2. The molecule has 0 unspecified atom stereocenters. The number of hydrogen-bond donors (Lipinski definition) is 3. The summed E-state index contributed by atoms with van der Waals surface area (Å²) in [5, 5.41) is 5.74. The van der Waals surface area contributed by atoms with Crippen LogP contribution in [0.4, 0.5) is 21.5 Å². The van der Waals surface area contributed by atoms with Crippen molar-refractivity contribution < 1.29 is 9.18 Å². The molecule has 0 radical (unpaired) electrons. The van der Waals surface area contributed by atoms with Gasteiger partial charge in [-0.25, -0.2) is 4.39 Å². The molecule has 6 heteroatoms. The van der Waals surface area contributed by atoms with Gasteiger partial charge in [0.05, 0.1) is 16.4 Å². The van der Waals surface area contributed by atoms with Gasteiger partial charge >= 0.3 is 0 Å². The first kappa shape index (κ1) is 15.1. The van der Waals surface area contributed by atoms with Crippen molar-refractivity contribution in [3.8, 4) is 0 Å². The molecule has 110 valence electrons. The largest absolute Gasteiger partial charge is 0.397 e. The number of hydrogen-bond acceptors (Lipinski definition) is 3. The van der Waals surface area contributed by atoms with Gasteiger partial charge in [-0.05, 0) is 43.3 Å². The molecule has 0 bridgehead atoms. The number of benzene rings is 2. The fourth-order valence-corrected chi connectivity index (χ4v) is 1.98. The molecule has 4 nitrogen and oxygen atoms in total. The summed E-state index contributed by atoms with van der Waals surface area (Å²) >= 11 is 5.73. The molecule has 0 aliphatic rings. The molecular formula is C15H15ClFN3O. The highest BCUT2D eigenvalue weighted by Crippen LogP contribution is 2.27. The van der Waals surface area contributed by atoms with Gasteiger partial charge in [-0.1, -0.05) is 11.6 Å². The predicted molar refractivity (Wildman–Crippen MR) is 83.6 cm³/mol. The zero-order valence-corrected chi connectivity index (χ0v) is 12.2. The molecule has 0 fully saturated rings. The van der Waals surface area contributed by atoms with E-state index in [0.717, 1.165) is 0 Å². The highest BCUT2D eigenvalue weighted by molar-refractivity contribution is 6.31. The summed E-state index contributed by atoms with van der Waals surface area (Å²) in [6.45, 7) is 2.38. The Morgan fingerprint density at radius 3 is 2.71 bits per heavy atom. The second-order valence-corrected chi connectivity index (χ2v) is 4.82. The molecule has 2 rings (SSSR count). The SMILES string of the molecule is CCNC(=O)c1ccc(N)c(Nc2ccc(F)c(Cl)c2)c1. The molecule has 0 atom stereocenters. The maximum absolute atomic E-state index is 13.1. The highest BCUT2D eigenvalue weighted by Gasteiger charge is 2.08. The van der Waals surface area contributed by atoms with E-state index in [-0.39, 0.29) is 10.9 Å². The van der Waals surface area contributed by atoms with Crippen molar-refractivity contribution in [1.29, 1.82) is 0 Å². The maximum Gasteiger partial charge on any atom is 0.251 e. The Labute approximate surface area is 127 Å². The fraction of sp³-hybridized carbons (Fsp3) is 0.133. The summed E-state index contributed by atoms with van der Waals surface area (Å²) in [7, 11) is 0. The quantitative estimate of drug-likeness (QED) is 0.757. The molecule has 2 aromatic rings. The number of carbonyl (C=O) groups is 1. The first-order chi connectivity index (χ1) is 10.0. The van der Waals surface area contributed by atoms with Crippen LogP contribution in [0.15, 0.2) is 36.4 Å². The van der Waals surface area contributed by atoms with Gasteiger partial charge in [0.2, 0.25) is 0 Å². The molecule has 0 aliphatic heterocycles. The minimum absolute atomic E-state index is 0.0125. The Morgan fingerprint density at radius 2 is 2.05 bits per heavy atom. The van der Waals surface area contributed by atoms with E-state index in [4.69, 9.17) is 17.3 Å². The zero-order chi connectivity index (χ0) is 15.4. The van der Waals surface area contributed by atoms with Crippen LogP contribution >= 0.6 is 11.6 Å². The van der Waals surface area contributed by atoms with Crippen LogP contribution in [0.1, 0.15) is 17.3 Å². The summed E-state index contributed by atoms with van der Waals surface area (Å²) in [5.41, 5.74) is 7.98. The van der Waals surface area contributed by atoms with Gasteiger partial charge < -0.3 is 16.4 Å². The molecule has 0 saturated carbocycles. The van der Waals surface area contributed by atoms with Crippen molar-refractivity contribution in [2.75, 3.05) is 17.6 Å². The molecule has 1 amide bonds. The average molecular weight is 308 g/mol. The second kappa shape index (κ2) is 6.45. The zero-order valence-electron chi connectivity index (χ0n) is 11.4. The van der Waals surface area contributed by atoms with Crippen LogP contribution in [-0.4, -0.2) is 12.5 Å². The number of carbonyl (C=O) groups excluding carboxylic acids is 1. The van der Waals surface area contributed by atoms with Gasteiger partial charge in [0.25, 0.3) is 5.91 Å². The number of amides is 1. The Kier molecular flexibility index (Phi) is 4.65. The topological polar surface area (TPSA) is 67.2 Å². The summed E-state index contributed by atoms with van der Waals surface area (Å²) in [4.78, 5) is 11.8. The third kappa shape index (κ3) is 3.64. The number of halogens is 2. The third-order valence-corrected chi connectivity index (χ3v) is 3.14. The lowest BCUT2D eigenvalue weighted by Crippen LogP contribution is -2.22. The Balaban J connectivity index is 2.28. The van der Waals surface area contributed by atoms with Gasteiger partial charge in [0, 0.05) is 17.8 Å². The van der Waals surface area contributed by atoms with E-state index in [1.165, 1.54) is 12.1 Å². The third-order valence-electron chi connectivity index (χ3n) is 2.85. The van der Waals surface area contributed by atoms with Crippen LogP contribution in [0.2, 0.25) is 5.02 Å². The smallest absolute Gasteiger partial charge is 0.251 e. The molecule has 2 aromatic carbocycles. The molecule has 21 heavy (non-hydrogen) atoms. The summed E-state index contributed by atoms with van der Waals surface area (Å²) in [5.74, 6) is -0.677. The Hall–Kier alpha value is -2.27. The van der Waals surface area contributed by atoms with Gasteiger partial charge in [-0.2, -0.15) is 0 Å². The van der Waals surface area contributed by atoms with Crippen molar-refractivity contribution in [2.45, 2.75) is 6.92 Å². The minimum Gasteiger partial charge on any atom is -0.397 e. The highest BCUT2D eigenvalue weighted by atomic mass is 35.5. The lowest BCUT2D eigenvalue weighted by atomic mass is 10.1. The van der Waals surface area contributed by atoms with Gasteiger partial charge in [-0.15, -0.1) is 0 Å². The molecule has 0 spiro atoms.